The molecule has 2 rings (SSSR count). The van der Waals surface area contributed by atoms with Crippen LogP contribution >= 0.6 is 0 Å². The molecule has 3 atom stereocenters. The third-order valence-electron chi connectivity index (χ3n) is 4.59. The Morgan fingerprint density at radius 2 is 2.06 bits per heavy atom. The summed E-state index contributed by atoms with van der Waals surface area (Å²) in [5.74, 6) is 1.85. The molecular formula is C15H30N2. The number of nitrogens with one attached hydrogen (secondary N) is 1. The third kappa shape index (κ3) is 3.69. The molecule has 17 heavy (non-hydrogen) atoms. The Morgan fingerprint density at radius 1 is 1.24 bits per heavy atom. The average Bonchev–Trinajstić information content (AvgIpc) is 2.73. The van der Waals surface area contributed by atoms with Gasteiger partial charge in [0.25, 0.3) is 0 Å². The number of hydrogen-bond acceptors (Lipinski definition) is 2. The Morgan fingerprint density at radius 3 is 2.88 bits per heavy atom. The molecule has 0 bridgehead atoms. The van der Waals surface area contributed by atoms with Gasteiger partial charge in [-0.3, -0.25) is 4.90 Å². The van der Waals surface area contributed by atoms with Gasteiger partial charge in [0.05, 0.1) is 0 Å². The van der Waals surface area contributed by atoms with Gasteiger partial charge >= 0.3 is 0 Å². The number of hydrogen-bond donors (Lipinski definition) is 1. The Balaban J connectivity index is 1.71. The Hall–Kier alpha value is -0.0800. The van der Waals surface area contributed by atoms with Crippen molar-refractivity contribution in [2.75, 3.05) is 26.2 Å². The van der Waals surface area contributed by atoms with Crippen LogP contribution in [0.25, 0.3) is 0 Å². The molecule has 0 amide bonds. The summed E-state index contributed by atoms with van der Waals surface area (Å²) < 4.78 is 0. The van der Waals surface area contributed by atoms with Crippen LogP contribution in [0.15, 0.2) is 0 Å². The van der Waals surface area contributed by atoms with E-state index in [1.807, 2.05) is 0 Å². The van der Waals surface area contributed by atoms with Gasteiger partial charge in [-0.05, 0) is 57.2 Å². The Bertz CT molecular complexity index is 217. The minimum atomic E-state index is 0.808. The predicted octanol–water partition coefficient (Wildman–Crippen LogP) is 2.89. The SMILES string of the molecule is CCCNCC(C)CN1CCC2CCCCC21. The molecule has 2 fully saturated rings. The van der Waals surface area contributed by atoms with Crippen LogP contribution in [-0.4, -0.2) is 37.1 Å². The lowest BCUT2D eigenvalue weighted by molar-refractivity contribution is 0.162. The monoisotopic (exact) mass is 238 g/mol. The highest BCUT2D eigenvalue weighted by atomic mass is 15.2. The number of rotatable bonds is 6. The summed E-state index contributed by atoms with van der Waals surface area (Å²) in [5.41, 5.74) is 0. The summed E-state index contributed by atoms with van der Waals surface area (Å²) in [6.45, 7) is 9.70. The van der Waals surface area contributed by atoms with E-state index in [2.05, 4.69) is 24.1 Å². The molecule has 1 aliphatic carbocycles. The lowest BCUT2D eigenvalue weighted by atomic mass is 9.85. The largest absolute Gasteiger partial charge is 0.316 e. The predicted molar refractivity (Wildman–Crippen MR) is 74.3 cm³/mol. The zero-order chi connectivity index (χ0) is 12.1. The Labute approximate surface area is 107 Å². The van der Waals surface area contributed by atoms with Gasteiger partial charge in [-0.1, -0.05) is 26.7 Å². The van der Waals surface area contributed by atoms with Crippen LogP contribution in [0, 0.1) is 11.8 Å². The first-order valence-corrected chi connectivity index (χ1v) is 7.76. The van der Waals surface area contributed by atoms with E-state index in [9.17, 15) is 0 Å². The molecule has 0 spiro atoms. The van der Waals surface area contributed by atoms with Crippen LogP contribution in [0.5, 0.6) is 0 Å². The van der Waals surface area contributed by atoms with Crippen molar-refractivity contribution in [2.24, 2.45) is 11.8 Å². The molecule has 2 nitrogen and oxygen atoms in total. The van der Waals surface area contributed by atoms with Crippen molar-refractivity contribution in [2.45, 2.75) is 58.4 Å². The van der Waals surface area contributed by atoms with Crippen LogP contribution in [0.3, 0.4) is 0 Å². The summed E-state index contributed by atoms with van der Waals surface area (Å²) in [6, 6.07) is 0.942. The van der Waals surface area contributed by atoms with Crippen molar-refractivity contribution in [1.82, 2.24) is 10.2 Å². The van der Waals surface area contributed by atoms with Crippen LogP contribution in [0.4, 0.5) is 0 Å². The molecule has 0 aromatic rings. The normalized spacial score (nSPS) is 31.4. The van der Waals surface area contributed by atoms with Gasteiger partial charge in [0, 0.05) is 12.6 Å². The van der Waals surface area contributed by atoms with Crippen LogP contribution < -0.4 is 5.32 Å². The molecule has 3 unspecified atom stereocenters. The van der Waals surface area contributed by atoms with Gasteiger partial charge in [0.1, 0.15) is 0 Å². The first kappa shape index (κ1) is 13.4. The quantitative estimate of drug-likeness (QED) is 0.716. The van der Waals surface area contributed by atoms with Gasteiger partial charge in [0.15, 0.2) is 0 Å². The lowest BCUT2D eigenvalue weighted by Gasteiger charge is -2.33. The van der Waals surface area contributed by atoms with Gasteiger partial charge in [-0.2, -0.15) is 0 Å². The lowest BCUT2D eigenvalue weighted by Crippen LogP contribution is -2.39. The minimum Gasteiger partial charge on any atom is -0.316 e. The number of fused-ring (bicyclic) bond motifs is 1. The van der Waals surface area contributed by atoms with Crippen LogP contribution in [-0.2, 0) is 0 Å². The summed E-state index contributed by atoms with van der Waals surface area (Å²) in [7, 11) is 0. The highest BCUT2D eigenvalue weighted by Crippen LogP contribution is 2.36. The fraction of sp³-hybridized carbons (Fsp3) is 1.00. The highest BCUT2D eigenvalue weighted by molar-refractivity contribution is 4.90. The first-order chi connectivity index (χ1) is 8.31. The minimum absolute atomic E-state index is 0.808. The van der Waals surface area contributed by atoms with Crippen LogP contribution in [0.1, 0.15) is 52.4 Å². The molecule has 0 aromatic carbocycles. The Kier molecular flexibility index (Phi) is 5.30. The maximum absolute atomic E-state index is 3.55. The molecule has 1 heterocycles. The fourth-order valence-electron chi connectivity index (χ4n) is 3.72. The maximum Gasteiger partial charge on any atom is 0.0124 e. The van der Waals surface area contributed by atoms with E-state index in [0.717, 1.165) is 17.9 Å². The molecule has 1 saturated carbocycles. The second-order valence-electron chi connectivity index (χ2n) is 6.20. The number of nitrogens with zero attached hydrogens (tertiary/aromatic N) is 1. The third-order valence-corrected chi connectivity index (χ3v) is 4.59. The van der Waals surface area contributed by atoms with Crippen LogP contribution in [0.2, 0.25) is 0 Å². The van der Waals surface area contributed by atoms with Crippen molar-refractivity contribution in [3.8, 4) is 0 Å². The van der Waals surface area contributed by atoms with Gasteiger partial charge in [-0.15, -0.1) is 0 Å². The molecule has 2 heteroatoms. The highest BCUT2D eigenvalue weighted by Gasteiger charge is 2.35. The second-order valence-corrected chi connectivity index (χ2v) is 6.20. The van der Waals surface area contributed by atoms with E-state index in [4.69, 9.17) is 0 Å². The molecule has 0 radical (unpaired) electrons. The first-order valence-electron chi connectivity index (χ1n) is 7.76. The van der Waals surface area contributed by atoms with E-state index < -0.39 is 0 Å². The van der Waals surface area contributed by atoms with Crippen molar-refractivity contribution in [3.05, 3.63) is 0 Å². The van der Waals surface area contributed by atoms with Crippen molar-refractivity contribution >= 4 is 0 Å². The van der Waals surface area contributed by atoms with Crippen molar-refractivity contribution in [1.29, 1.82) is 0 Å². The van der Waals surface area contributed by atoms with Crippen molar-refractivity contribution < 1.29 is 0 Å². The fourth-order valence-corrected chi connectivity index (χ4v) is 3.72. The standard InChI is InChI=1S/C15H30N2/c1-3-9-16-11-13(2)12-17-10-8-14-6-4-5-7-15(14)17/h13-16H,3-12H2,1-2H3. The molecule has 1 aliphatic heterocycles. The van der Waals surface area contributed by atoms with Crippen molar-refractivity contribution in [3.63, 3.8) is 0 Å². The summed E-state index contributed by atoms with van der Waals surface area (Å²) >= 11 is 0. The van der Waals surface area contributed by atoms with Gasteiger partial charge in [-0.25, -0.2) is 0 Å². The maximum atomic E-state index is 3.55. The zero-order valence-electron chi connectivity index (χ0n) is 11.8. The summed E-state index contributed by atoms with van der Waals surface area (Å²) in [4.78, 5) is 2.79. The second kappa shape index (κ2) is 6.75. The van der Waals surface area contributed by atoms with Gasteiger partial charge in [0.2, 0.25) is 0 Å². The molecule has 1 saturated heterocycles. The molecule has 2 aliphatic rings. The summed E-state index contributed by atoms with van der Waals surface area (Å²) in [5, 5.41) is 3.55. The smallest absolute Gasteiger partial charge is 0.0124 e. The van der Waals surface area contributed by atoms with E-state index in [1.54, 1.807) is 0 Å². The molecular weight excluding hydrogens is 208 g/mol. The van der Waals surface area contributed by atoms with E-state index in [1.165, 1.54) is 64.7 Å². The van der Waals surface area contributed by atoms with E-state index >= 15 is 0 Å². The molecule has 0 aromatic heterocycles. The topological polar surface area (TPSA) is 15.3 Å². The van der Waals surface area contributed by atoms with E-state index in [0.29, 0.717) is 0 Å². The van der Waals surface area contributed by atoms with E-state index in [-0.39, 0.29) is 0 Å². The molecule has 1 N–H and O–H groups in total. The van der Waals surface area contributed by atoms with Gasteiger partial charge < -0.3 is 5.32 Å². The average molecular weight is 238 g/mol. The zero-order valence-corrected chi connectivity index (χ0v) is 11.8. The molecule has 100 valence electrons. The number of likely N-dealkylation sites (tertiary alicyclic amines) is 1. The summed E-state index contributed by atoms with van der Waals surface area (Å²) in [6.07, 6.45) is 8.66.